The molecule has 4 aromatic rings. The number of aliphatic hydroxyl groups is 1. The van der Waals surface area contributed by atoms with Crippen LogP contribution in [0.25, 0.3) is 0 Å². The van der Waals surface area contributed by atoms with Crippen molar-refractivity contribution in [3.8, 4) is 0 Å². The summed E-state index contributed by atoms with van der Waals surface area (Å²) in [4.78, 5) is 0. The lowest BCUT2D eigenvalue weighted by Gasteiger charge is -2.23. The molecule has 0 spiro atoms. The van der Waals surface area contributed by atoms with E-state index in [1.54, 1.807) is 0 Å². The second-order valence-electron chi connectivity index (χ2n) is 11.7. The summed E-state index contributed by atoms with van der Waals surface area (Å²) in [7, 11) is -1.82. The van der Waals surface area contributed by atoms with Crippen LogP contribution in [-0.4, -0.2) is 20.3 Å². The van der Waals surface area contributed by atoms with Gasteiger partial charge in [-0.2, -0.15) is 0 Å². The third-order valence-electron chi connectivity index (χ3n) is 7.51. The molecule has 0 aromatic heterocycles. The van der Waals surface area contributed by atoms with Crippen molar-refractivity contribution in [2.75, 3.05) is 0 Å². The first kappa shape index (κ1) is 29.0. The van der Waals surface area contributed by atoms with Crippen molar-refractivity contribution in [2.24, 2.45) is 0 Å². The molecule has 0 radical (unpaired) electrons. The summed E-state index contributed by atoms with van der Waals surface area (Å²) in [6, 6.07) is 38.9. The predicted molar refractivity (Wildman–Crippen MR) is 168 cm³/mol. The van der Waals surface area contributed by atoms with Crippen LogP contribution in [0.15, 0.2) is 109 Å². The maximum absolute atomic E-state index is 10.6. The van der Waals surface area contributed by atoms with Gasteiger partial charge in [0.2, 0.25) is 9.04 Å². The van der Waals surface area contributed by atoms with Crippen LogP contribution in [-0.2, 0) is 29.3 Å². The molecular weight excluding hydrogens is 492 g/mol. The van der Waals surface area contributed by atoms with E-state index >= 15 is 0 Å². The SMILES string of the molecule is CC(C)(C)c1ccc(CCCC(O)CCCc2ccccc2)c(CO[SiH](c2ccccc2)c2ccccc2)c1. The number of hydrogen-bond acceptors (Lipinski definition) is 2. The molecule has 0 amide bonds. The highest BCUT2D eigenvalue weighted by atomic mass is 28.3. The number of rotatable bonds is 13. The Morgan fingerprint density at radius 3 is 1.77 bits per heavy atom. The minimum absolute atomic E-state index is 0.0813. The van der Waals surface area contributed by atoms with Gasteiger partial charge in [0.05, 0.1) is 12.7 Å². The molecule has 0 aliphatic carbocycles. The molecule has 4 aromatic carbocycles. The Hall–Kier alpha value is -2.98. The second-order valence-corrected chi connectivity index (χ2v) is 14.1. The van der Waals surface area contributed by atoms with Crippen LogP contribution in [0.5, 0.6) is 0 Å². The third kappa shape index (κ3) is 9.03. The normalized spacial score (nSPS) is 12.5. The molecule has 0 aliphatic heterocycles. The first-order valence-electron chi connectivity index (χ1n) is 14.5. The van der Waals surface area contributed by atoms with Crippen molar-refractivity contribution in [1.29, 1.82) is 0 Å². The van der Waals surface area contributed by atoms with Gasteiger partial charge in [0, 0.05) is 0 Å². The smallest absolute Gasteiger partial charge is 0.240 e. The maximum Gasteiger partial charge on any atom is 0.240 e. The molecule has 2 nitrogen and oxygen atoms in total. The maximum atomic E-state index is 10.6. The van der Waals surface area contributed by atoms with Gasteiger partial charge in [-0.3, -0.25) is 0 Å². The van der Waals surface area contributed by atoms with E-state index in [2.05, 4.69) is 130 Å². The fourth-order valence-corrected chi connectivity index (χ4v) is 7.40. The molecule has 0 aliphatic rings. The van der Waals surface area contributed by atoms with Crippen LogP contribution in [0.4, 0.5) is 0 Å². The number of aryl methyl sites for hydroxylation is 2. The molecule has 0 fully saturated rings. The lowest BCUT2D eigenvalue weighted by Crippen LogP contribution is -2.44. The van der Waals surface area contributed by atoms with Crippen LogP contribution >= 0.6 is 0 Å². The van der Waals surface area contributed by atoms with Gasteiger partial charge < -0.3 is 9.53 Å². The zero-order valence-electron chi connectivity index (χ0n) is 23.9. The number of benzene rings is 4. The summed E-state index contributed by atoms with van der Waals surface area (Å²) >= 11 is 0. The van der Waals surface area contributed by atoms with E-state index in [9.17, 15) is 5.11 Å². The molecule has 1 unspecified atom stereocenters. The zero-order chi connectivity index (χ0) is 27.5. The van der Waals surface area contributed by atoms with Gasteiger partial charge in [0.25, 0.3) is 0 Å². The molecule has 1 atom stereocenters. The quantitative estimate of drug-likeness (QED) is 0.192. The lowest BCUT2D eigenvalue weighted by molar-refractivity contribution is 0.149. The van der Waals surface area contributed by atoms with Crippen molar-refractivity contribution in [3.63, 3.8) is 0 Å². The Labute approximate surface area is 237 Å². The molecule has 0 heterocycles. The van der Waals surface area contributed by atoms with Crippen molar-refractivity contribution in [1.82, 2.24) is 0 Å². The molecule has 39 heavy (non-hydrogen) atoms. The molecular formula is C36H44O2Si. The van der Waals surface area contributed by atoms with Gasteiger partial charge in [-0.15, -0.1) is 0 Å². The summed E-state index contributed by atoms with van der Waals surface area (Å²) < 4.78 is 6.82. The summed E-state index contributed by atoms with van der Waals surface area (Å²) in [6.07, 6.45) is 5.44. The van der Waals surface area contributed by atoms with Gasteiger partial charge in [-0.05, 0) is 76.6 Å². The highest BCUT2D eigenvalue weighted by Gasteiger charge is 2.20. The predicted octanol–water partition coefficient (Wildman–Crippen LogP) is 6.75. The van der Waals surface area contributed by atoms with Crippen LogP contribution in [0.2, 0.25) is 0 Å². The van der Waals surface area contributed by atoms with Gasteiger partial charge in [-0.25, -0.2) is 0 Å². The standard InChI is InChI=1S/C36H44O2Si/c1-36(2,3)32-26-25-30(18-14-20-33(37)19-13-17-29-15-7-4-8-16-29)31(27-32)28-38-39(34-21-9-5-10-22-34)35-23-11-6-12-24-35/h4-12,15-16,21-27,33,37,39H,13-14,17-20,28H2,1-3H3. The van der Waals surface area contributed by atoms with E-state index in [1.165, 1.54) is 32.6 Å². The first-order valence-corrected chi connectivity index (χ1v) is 16.1. The molecule has 204 valence electrons. The molecule has 0 bridgehead atoms. The average Bonchev–Trinajstić information content (AvgIpc) is 2.95. The Morgan fingerprint density at radius 1 is 0.667 bits per heavy atom. The highest BCUT2D eigenvalue weighted by molar-refractivity contribution is 6.80. The van der Waals surface area contributed by atoms with E-state index in [4.69, 9.17) is 4.43 Å². The molecule has 4 rings (SSSR count). The van der Waals surface area contributed by atoms with Crippen molar-refractivity contribution < 1.29 is 9.53 Å². The van der Waals surface area contributed by atoms with E-state index in [1.807, 2.05) is 0 Å². The van der Waals surface area contributed by atoms with E-state index in [0.717, 1.165) is 38.5 Å². The minimum atomic E-state index is -1.82. The van der Waals surface area contributed by atoms with Crippen LogP contribution < -0.4 is 10.4 Å². The Bertz CT molecular complexity index is 1210. The van der Waals surface area contributed by atoms with Gasteiger partial charge >= 0.3 is 0 Å². The van der Waals surface area contributed by atoms with Crippen LogP contribution in [0.3, 0.4) is 0 Å². The lowest BCUT2D eigenvalue weighted by atomic mass is 9.84. The Kier molecular flexibility index (Phi) is 10.7. The molecule has 0 saturated carbocycles. The number of hydrogen-bond donors (Lipinski definition) is 1. The summed E-state index contributed by atoms with van der Waals surface area (Å²) in [6.45, 7) is 7.41. The number of aliphatic hydroxyl groups excluding tert-OH is 1. The topological polar surface area (TPSA) is 29.5 Å². The van der Waals surface area contributed by atoms with Crippen LogP contribution in [0, 0.1) is 0 Å². The van der Waals surface area contributed by atoms with E-state index in [0.29, 0.717) is 6.61 Å². The monoisotopic (exact) mass is 536 g/mol. The molecule has 0 saturated heterocycles. The van der Waals surface area contributed by atoms with Crippen molar-refractivity contribution >= 4 is 19.4 Å². The Morgan fingerprint density at radius 2 is 1.21 bits per heavy atom. The summed E-state index contributed by atoms with van der Waals surface area (Å²) in [5.41, 5.74) is 5.39. The fraction of sp³-hybridized carbons (Fsp3) is 0.333. The van der Waals surface area contributed by atoms with E-state index in [-0.39, 0.29) is 11.5 Å². The first-order chi connectivity index (χ1) is 18.9. The van der Waals surface area contributed by atoms with Gasteiger partial charge in [-0.1, -0.05) is 130 Å². The average molecular weight is 537 g/mol. The summed E-state index contributed by atoms with van der Waals surface area (Å²) in [5.74, 6) is 0. The fourth-order valence-electron chi connectivity index (χ4n) is 5.14. The minimum Gasteiger partial charge on any atom is -0.407 e. The highest BCUT2D eigenvalue weighted by Crippen LogP contribution is 2.26. The largest absolute Gasteiger partial charge is 0.407 e. The molecule has 3 heteroatoms. The van der Waals surface area contributed by atoms with E-state index < -0.39 is 9.04 Å². The van der Waals surface area contributed by atoms with Crippen molar-refractivity contribution in [2.45, 2.75) is 77.4 Å². The summed E-state index contributed by atoms with van der Waals surface area (Å²) in [5, 5.41) is 13.2. The van der Waals surface area contributed by atoms with Gasteiger partial charge in [0.15, 0.2) is 0 Å². The van der Waals surface area contributed by atoms with Crippen molar-refractivity contribution in [3.05, 3.63) is 131 Å². The second kappa shape index (κ2) is 14.4. The Balaban J connectivity index is 1.41. The third-order valence-corrected chi connectivity index (χ3v) is 9.99. The van der Waals surface area contributed by atoms with Gasteiger partial charge in [0.1, 0.15) is 0 Å². The molecule has 1 N–H and O–H groups in total. The van der Waals surface area contributed by atoms with Crippen LogP contribution in [0.1, 0.15) is 68.7 Å². The zero-order valence-corrected chi connectivity index (χ0v) is 25.0.